The van der Waals surface area contributed by atoms with E-state index in [1.807, 2.05) is 6.92 Å². The Morgan fingerprint density at radius 3 is 2.66 bits per heavy atom. The predicted molar refractivity (Wildman–Crippen MR) is 117 cm³/mol. The van der Waals surface area contributed by atoms with Crippen molar-refractivity contribution in [3.8, 4) is 5.75 Å². The number of amides is 2. The zero-order valence-corrected chi connectivity index (χ0v) is 17.3. The number of rotatable bonds is 7. The Bertz CT molecular complexity index is 961. The molecule has 0 atom stereocenters. The lowest BCUT2D eigenvalue weighted by atomic mass is 10.2. The Hall–Kier alpha value is -2.71. The van der Waals surface area contributed by atoms with Gasteiger partial charge in [0.25, 0.3) is 5.91 Å². The van der Waals surface area contributed by atoms with Crippen LogP contribution < -0.4 is 10.1 Å². The van der Waals surface area contributed by atoms with Crippen LogP contribution in [0.3, 0.4) is 0 Å². The fourth-order valence-corrected chi connectivity index (χ4v) is 3.96. The first kappa shape index (κ1) is 21.0. The summed E-state index contributed by atoms with van der Waals surface area (Å²) < 4.78 is 19.5. The molecule has 150 valence electrons. The van der Waals surface area contributed by atoms with E-state index in [4.69, 9.17) is 17.0 Å². The lowest BCUT2D eigenvalue weighted by molar-refractivity contribution is -0.122. The molecular weight excluding hydrogens is 411 g/mol. The fourth-order valence-electron chi connectivity index (χ4n) is 2.66. The van der Waals surface area contributed by atoms with E-state index in [0.29, 0.717) is 27.1 Å². The second-order valence-electron chi connectivity index (χ2n) is 6.11. The van der Waals surface area contributed by atoms with Gasteiger partial charge < -0.3 is 10.1 Å². The third-order valence-corrected chi connectivity index (χ3v) is 5.45. The summed E-state index contributed by atoms with van der Waals surface area (Å²) in [4.78, 5) is 26.5. The van der Waals surface area contributed by atoms with Crippen molar-refractivity contribution in [3.05, 3.63) is 64.8 Å². The number of anilines is 1. The average Bonchev–Trinajstić information content (AvgIpc) is 2.96. The van der Waals surface area contributed by atoms with E-state index < -0.39 is 5.82 Å². The topological polar surface area (TPSA) is 58.6 Å². The van der Waals surface area contributed by atoms with Crippen LogP contribution in [0.2, 0.25) is 0 Å². The number of halogens is 1. The summed E-state index contributed by atoms with van der Waals surface area (Å²) in [5, 5.41) is 2.78. The molecule has 1 heterocycles. The SMILES string of the molecule is CCOc1ccc(NC(=O)CCN2C(=O)/C(=C/c3ccccc3F)SC2=S)cc1. The van der Waals surface area contributed by atoms with Crippen LogP contribution in [0, 0.1) is 5.82 Å². The van der Waals surface area contributed by atoms with Gasteiger partial charge >= 0.3 is 0 Å². The number of benzene rings is 2. The standard InChI is InChI=1S/C21H19FN2O3S2/c1-2-27-16-9-7-15(8-10-16)23-19(25)11-12-24-20(26)18(29-21(24)28)13-14-5-3-4-6-17(14)22/h3-10,13H,2,11-12H2,1H3,(H,23,25)/b18-13-. The molecule has 5 nitrogen and oxygen atoms in total. The smallest absolute Gasteiger partial charge is 0.266 e. The maximum atomic E-state index is 13.8. The van der Waals surface area contributed by atoms with Crippen molar-refractivity contribution in [2.75, 3.05) is 18.5 Å². The van der Waals surface area contributed by atoms with Crippen molar-refractivity contribution in [3.63, 3.8) is 0 Å². The molecule has 1 saturated heterocycles. The summed E-state index contributed by atoms with van der Waals surface area (Å²) in [5.74, 6) is -0.240. The van der Waals surface area contributed by atoms with E-state index in [1.165, 1.54) is 17.0 Å². The molecule has 1 aliphatic heterocycles. The van der Waals surface area contributed by atoms with E-state index in [-0.39, 0.29) is 24.8 Å². The quantitative estimate of drug-likeness (QED) is 0.519. The molecule has 2 aromatic carbocycles. The monoisotopic (exact) mass is 430 g/mol. The van der Waals surface area contributed by atoms with Gasteiger partial charge in [0.1, 0.15) is 15.9 Å². The lowest BCUT2D eigenvalue weighted by Gasteiger charge is -2.14. The van der Waals surface area contributed by atoms with Gasteiger partial charge in [0.05, 0.1) is 11.5 Å². The van der Waals surface area contributed by atoms with Crippen LogP contribution in [-0.2, 0) is 9.59 Å². The molecule has 1 N–H and O–H groups in total. The third kappa shape index (κ3) is 5.42. The maximum Gasteiger partial charge on any atom is 0.266 e. The molecule has 0 aromatic heterocycles. The molecule has 0 radical (unpaired) electrons. The minimum atomic E-state index is -0.410. The number of hydrogen-bond donors (Lipinski definition) is 1. The largest absolute Gasteiger partial charge is 0.494 e. The highest BCUT2D eigenvalue weighted by Gasteiger charge is 2.32. The summed E-state index contributed by atoms with van der Waals surface area (Å²) in [6.45, 7) is 2.62. The van der Waals surface area contributed by atoms with Gasteiger partial charge in [-0.05, 0) is 43.3 Å². The molecule has 0 spiro atoms. The molecule has 1 aliphatic rings. The first-order valence-corrected chi connectivity index (χ1v) is 10.2. The summed E-state index contributed by atoms with van der Waals surface area (Å²) in [5.41, 5.74) is 0.963. The first-order valence-electron chi connectivity index (χ1n) is 9.00. The summed E-state index contributed by atoms with van der Waals surface area (Å²) in [7, 11) is 0. The Morgan fingerprint density at radius 2 is 1.97 bits per heavy atom. The number of carbonyl (C=O) groups is 2. The minimum Gasteiger partial charge on any atom is -0.494 e. The van der Waals surface area contributed by atoms with Crippen molar-refractivity contribution in [2.24, 2.45) is 0 Å². The van der Waals surface area contributed by atoms with Gasteiger partial charge in [-0.1, -0.05) is 42.2 Å². The predicted octanol–water partition coefficient (Wildman–Crippen LogP) is 4.45. The molecule has 0 unspecified atom stereocenters. The van der Waals surface area contributed by atoms with Gasteiger partial charge in [-0.2, -0.15) is 0 Å². The van der Waals surface area contributed by atoms with Crippen LogP contribution in [0.5, 0.6) is 5.75 Å². The van der Waals surface area contributed by atoms with E-state index in [9.17, 15) is 14.0 Å². The molecule has 0 aliphatic carbocycles. The lowest BCUT2D eigenvalue weighted by Crippen LogP contribution is -2.31. The van der Waals surface area contributed by atoms with Crippen LogP contribution in [0.1, 0.15) is 18.9 Å². The molecule has 8 heteroatoms. The molecule has 0 bridgehead atoms. The molecule has 0 saturated carbocycles. The Balaban J connectivity index is 1.57. The zero-order valence-electron chi connectivity index (χ0n) is 15.7. The van der Waals surface area contributed by atoms with Crippen molar-refractivity contribution >= 4 is 51.9 Å². The molecule has 2 amide bonds. The molecule has 1 fully saturated rings. The van der Waals surface area contributed by atoms with Gasteiger partial charge in [-0.3, -0.25) is 14.5 Å². The highest BCUT2D eigenvalue weighted by molar-refractivity contribution is 8.26. The van der Waals surface area contributed by atoms with Crippen molar-refractivity contribution in [2.45, 2.75) is 13.3 Å². The Morgan fingerprint density at radius 1 is 1.24 bits per heavy atom. The van der Waals surface area contributed by atoms with E-state index in [2.05, 4.69) is 5.32 Å². The number of ether oxygens (including phenoxy) is 1. The van der Waals surface area contributed by atoms with Crippen LogP contribution in [0.25, 0.3) is 6.08 Å². The van der Waals surface area contributed by atoms with Crippen molar-refractivity contribution in [1.82, 2.24) is 4.90 Å². The molecule has 2 aromatic rings. The van der Waals surface area contributed by atoms with E-state index in [1.54, 1.807) is 42.5 Å². The van der Waals surface area contributed by atoms with Crippen LogP contribution in [0.4, 0.5) is 10.1 Å². The van der Waals surface area contributed by atoms with Crippen LogP contribution in [-0.4, -0.2) is 34.2 Å². The average molecular weight is 431 g/mol. The summed E-state index contributed by atoms with van der Waals surface area (Å²) >= 11 is 6.36. The van der Waals surface area contributed by atoms with Gasteiger partial charge in [0.15, 0.2) is 0 Å². The second kappa shape index (κ2) is 9.67. The summed E-state index contributed by atoms with van der Waals surface area (Å²) in [6.07, 6.45) is 1.57. The van der Waals surface area contributed by atoms with Gasteiger partial charge in [-0.15, -0.1) is 0 Å². The van der Waals surface area contributed by atoms with E-state index >= 15 is 0 Å². The third-order valence-electron chi connectivity index (χ3n) is 4.08. The number of thioether (sulfide) groups is 1. The normalized spacial score (nSPS) is 15.1. The number of nitrogens with zero attached hydrogens (tertiary/aromatic N) is 1. The number of nitrogens with one attached hydrogen (secondary N) is 1. The second-order valence-corrected chi connectivity index (χ2v) is 7.79. The zero-order chi connectivity index (χ0) is 20.8. The highest BCUT2D eigenvalue weighted by Crippen LogP contribution is 2.33. The fraction of sp³-hybridized carbons (Fsp3) is 0.190. The van der Waals surface area contributed by atoms with Gasteiger partial charge in [-0.25, -0.2) is 4.39 Å². The van der Waals surface area contributed by atoms with Gasteiger partial charge in [0.2, 0.25) is 5.91 Å². The number of thiocarbonyl (C=S) groups is 1. The van der Waals surface area contributed by atoms with Gasteiger partial charge in [0, 0.05) is 24.2 Å². The van der Waals surface area contributed by atoms with Crippen molar-refractivity contribution in [1.29, 1.82) is 0 Å². The maximum absolute atomic E-state index is 13.8. The molecular formula is C21H19FN2O3S2. The van der Waals surface area contributed by atoms with Crippen LogP contribution in [0.15, 0.2) is 53.4 Å². The van der Waals surface area contributed by atoms with Crippen molar-refractivity contribution < 1.29 is 18.7 Å². The molecule has 3 rings (SSSR count). The Labute approximate surface area is 177 Å². The number of hydrogen-bond acceptors (Lipinski definition) is 5. The van der Waals surface area contributed by atoms with E-state index in [0.717, 1.165) is 17.5 Å². The molecule has 29 heavy (non-hydrogen) atoms. The first-order chi connectivity index (χ1) is 14.0. The summed E-state index contributed by atoms with van der Waals surface area (Å²) in [6, 6.07) is 13.2. The van der Waals surface area contributed by atoms with Crippen LogP contribution >= 0.6 is 24.0 Å². The highest BCUT2D eigenvalue weighted by atomic mass is 32.2. The Kier molecular flexibility index (Phi) is 7.00. The minimum absolute atomic E-state index is 0.0899. The number of carbonyl (C=O) groups excluding carboxylic acids is 2.